The van der Waals surface area contributed by atoms with E-state index in [2.05, 4.69) is 33.0 Å². The molecular formula is C39H50N6O4. The summed E-state index contributed by atoms with van der Waals surface area (Å²) in [4.78, 5) is 45.3. The van der Waals surface area contributed by atoms with Crippen LogP contribution < -0.4 is 5.32 Å². The summed E-state index contributed by atoms with van der Waals surface area (Å²) in [5, 5.41) is 18.2. The molecule has 1 aliphatic rings. The normalized spacial score (nSPS) is 14.2. The van der Waals surface area contributed by atoms with Crippen molar-refractivity contribution in [3.05, 3.63) is 100 Å². The van der Waals surface area contributed by atoms with Gasteiger partial charge in [-0.15, -0.1) is 0 Å². The van der Waals surface area contributed by atoms with Gasteiger partial charge in [-0.2, -0.15) is 5.10 Å². The number of hydrogen-bond acceptors (Lipinski definition) is 5. The van der Waals surface area contributed by atoms with Gasteiger partial charge in [-0.1, -0.05) is 64.8 Å². The Morgan fingerprint density at radius 2 is 1.69 bits per heavy atom. The Kier molecular flexibility index (Phi) is 11.4. The molecular weight excluding hydrogens is 616 g/mol. The maximum absolute atomic E-state index is 14.6. The summed E-state index contributed by atoms with van der Waals surface area (Å²) in [5.74, 6) is -0.444. The zero-order valence-corrected chi connectivity index (χ0v) is 29.7. The molecule has 0 saturated heterocycles. The molecule has 3 heterocycles. The van der Waals surface area contributed by atoms with E-state index in [4.69, 9.17) is 5.10 Å². The number of fused-ring (bicyclic) bond motifs is 1. The van der Waals surface area contributed by atoms with Crippen LogP contribution in [0.25, 0.3) is 5.69 Å². The maximum atomic E-state index is 14.6. The Morgan fingerprint density at radius 1 is 1.00 bits per heavy atom. The van der Waals surface area contributed by atoms with E-state index in [0.717, 1.165) is 42.4 Å². The van der Waals surface area contributed by atoms with Crippen molar-refractivity contribution in [2.45, 2.75) is 85.2 Å². The van der Waals surface area contributed by atoms with Crippen molar-refractivity contribution in [3.63, 3.8) is 0 Å². The number of carbonyl (C=O) groups excluding carboxylic acids is 3. The van der Waals surface area contributed by atoms with E-state index in [0.29, 0.717) is 60.1 Å². The van der Waals surface area contributed by atoms with E-state index in [-0.39, 0.29) is 30.2 Å². The van der Waals surface area contributed by atoms with Crippen LogP contribution >= 0.6 is 0 Å². The topological polar surface area (TPSA) is 113 Å². The molecule has 49 heavy (non-hydrogen) atoms. The highest BCUT2D eigenvalue weighted by atomic mass is 16.3. The van der Waals surface area contributed by atoms with E-state index in [1.165, 1.54) is 0 Å². The van der Waals surface area contributed by atoms with Crippen molar-refractivity contribution in [2.75, 3.05) is 25.0 Å². The van der Waals surface area contributed by atoms with Crippen molar-refractivity contribution in [1.29, 1.82) is 0 Å². The highest BCUT2D eigenvalue weighted by Crippen LogP contribution is 2.29. The Hall–Kier alpha value is -4.70. The van der Waals surface area contributed by atoms with Gasteiger partial charge in [0, 0.05) is 44.3 Å². The highest BCUT2D eigenvalue weighted by molar-refractivity contribution is 6.05. The predicted molar refractivity (Wildman–Crippen MR) is 192 cm³/mol. The molecule has 4 aromatic rings. The average Bonchev–Trinajstić information content (AvgIpc) is 3.69. The van der Waals surface area contributed by atoms with E-state index >= 15 is 0 Å². The van der Waals surface area contributed by atoms with Crippen LogP contribution in [0.5, 0.6) is 0 Å². The largest absolute Gasteiger partial charge is 0.394 e. The molecule has 10 nitrogen and oxygen atoms in total. The summed E-state index contributed by atoms with van der Waals surface area (Å²) >= 11 is 0. The molecule has 10 heteroatoms. The van der Waals surface area contributed by atoms with Crippen LogP contribution in [-0.2, 0) is 20.0 Å². The standard InChI is InChI=1S/C39H50N6O4/c1-7-9-17-43(18-10-8-2)39(49)34-19-27(5)45(41-34)35-16-15-31(40-37(47)36-21-30(26(3)4)23-42(36)6)22-33(35)38(48)44-24-29-14-12-11-13-28(29)20-32(44)25-46/h11-16,19,21-23,26,32,46H,7-10,17-18,20,24-25H2,1-6H3,(H,40,47)/t32-/m0/s1. The van der Waals surface area contributed by atoms with Gasteiger partial charge >= 0.3 is 0 Å². The number of aryl methyl sites for hydroxylation is 2. The van der Waals surface area contributed by atoms with E-state index in [1.807, 2.05) is 55.4 Å². The molecule has 0 unspecified atom stereocenters. The van der Waals surface area contributed by atoms with Crippen molar-refractivity contribution >= 4 is 23.4 Å². The third-order valence-corrected chi connectivity index (χ3v) is 9.42. The van der Waals surface area contributed by atoms with Crippen LogP contribution in [0, 0.1) is 6.92 Å². The first-order valence-corrected chi connectivity index (χ1v) is 17.5. The number of hydrogen-bond donors (Lipinski definition) is 2. The molecule has 3 amide bonds. The minimum absolute atomic E-state index is 0.128. The number of amides is 3. The van der Waals surface area contributed by atoms with Crippen LogP contribution in [0.1, 0.15) is 113 Å². The second kappa shape index (κ2) is 15.7. The third kappa shape index (κ3) is 7.80. The van der Waals surface area contributed by atoms with Crippen LogP contribution in [0.15, 0.2) is 60.8 Å². The molecule has 2 N–H and O–H groups in total. The van der Waals surface area contributed by atoms with Crippen LogP contribution in [0.4, 0.5) is 5.69 Å². The number of carbonyl (C=O) groups is 3. The first-order valence-electron chi connectivity index (χ1n) is 17.5. The van der Waals surface area contributed by atoms with Crippen LogP contribution in [0.3, 0.4) is 0 Å². The van der Waals surface area contributed by atoms with Gasteiger partial charge < -0.3 is 24.8 Å². The highest BCUT2D eigenvalue weighted by Gasteiger charge is 2.32. The van der Waals surface area contributed by atoms with Crippen molar-refractivity contribution in [1.82, 2.24) is 24.1 Å². The monoisotopic (exact) mass is 666 g/mol. The summed E-state index contributed by atoms with van der Waals surface area (Å²) in [6.07, 6.45) is 6.26. The number of aliphatic hydroxyl groups excluding tert-OH is 1. The van der Waals surface area contributed by atoms with E-state index in [9.17, 15) is 19.5 Å². The Morgan fingerprint density at radius 3 is 2.33 bits per heavy atom. The lowest BCUT2D eigenvalue weighted by atomic mass is 9.93. The first kappa shape index (κ1) is 35.6. The summed E-state index contributed by atoms with van der Waals surface area (Å²) < 4.78 is 3.44. The molecule has 5 rings (SSSR count). The molecule has 260 valence electrons. The third-order valence-electron chi connectivity index (χ3n) is 9.42. The number of rotatable bonds is 13. The zero-order chi connectivity index (χ0) is 35.2. The fourth-order valence-corrected chi connectivity index (χ4v) is 6.44. The molecule has 0 fully saturated rings. The Balaban J connectivity index is 1.54. The zero-order valence-electron chi connectivity index (χ0n) is 29.7. The number of benzene rings is 2. The van der Waals surface area contributed by atoms with E-state index < -0.39 is 6.04 Å². The molecule has 0 spiro atoms. The minimum Gasteiger partial charge on any atom is -0.394 e. The smallest absolute Gasteiger partial charge is 0.274 e. The van der Waals surface area contributed by atoms with Gasteiger partial charge in [-0.05, 0) is 79.1 Å². The van der Waals surface area contributed by atoms with Gasteiger partial charge in [-0.25, -0.2) is 4.68 Å². The predicted octanol–water partition coefficient (Wildman–Crippen LogP) is 6.50. The second-order valence-electron chi connectivity index (χ2n) is 13.4. The fraction of sp³-hybridized carbons (Fsp3) is 0.436. The maximum Gasteiger partial charge on any atom is 0.274 e. The number of nitrogens with zero attached hydrogens (tertiary/aromatic N) is 5. The Labute approximate surface area is 289 Å². The van der Waals surface area contributed by atoms with Crippen molar-refractivity contribution in [3.8, 4) is 5.69 Å². The molecule has 2 aromatic heterocycles. The molecule has 1 aliphatic heterocycles. The van der Waals surface area contributed by atoms with Crippen LogP contribution in [-0.4, -0.2) is 72.7 Å². The average molecular weight is 667 g/mol. The quantitative estimate of drug-likeness (QED) is 0.169. The fourth-order valence-electron chi connectivity index (χ4n) is 6.44. The molecule has 1 atom stereocenters. The number of aliphatic hydroxyl groups is 1. The van der Waals surface area contributed by atoms with Crippen LogP contribution in [0.2, 0.25) is 0 Å². The number of anilines is 1. The molecule has 0 aliphatic carbocycles. The Bertz CT molecular complexity index is 1800. The second-order valence-corrected chi connectivity index (χ2v) is 13.4. The summed E-state index contributed by atoms with van der Waals surface area (Å²) in [6.45, 7) is 11.7. The molecule has 0 saturated carbocycles. The molecule has 0 radical (unpaired) electrons. The minimum atomic E-state index is -0.423. The van der Waals surface area contributed by atoms with Gasteiger partial charge in [0.1, 0.15) is 5.69 Å². The van der Waals surface area contributed by atoms with E-state index in [1.54, 1.807) is 38.4 Å². The lowest BCUT2D eigenvalue weighted by Crippen LogP contribution is -2.46. The van der Waals surface area contributed by atoms with Gasteiger partial charge in [0.2, 0.25) is 0 Å². The summed E-state index contributed by atoms with van der Waals surface area (Å²) in [5.41, 5.74) is 5.98. The molecule has 2 aromatic carbocycles. The van der Waals surface area contributed by atoms with Crippen molar-refractivity contribution < 1.29 is 19.5 Å². The SMILES string of the molecule is CCCCN(CCCC)C(=O)c1cc(C)n(-c2ccc(NC(=O)c3cc(C(C)C)cn3C)cc2C(=O)N2Cc3ccccc3C[C@H]2CO)n1. The summed E-state index contributed by atoms with van der Waals surface area (Å²) in [7, 11) is 1.84. The van der Waals surface area contributed by atoms with Gasteiger partial charge in [0.25, 0.3) is 17.7 Å². The molecule has 0 bridgehead atoms. The lowest BCUT2D eigenvalue weighted by Gasteiger charge is -2.36. The number of aromatic nitrogens is 3. The summed E-state index contributed by atoms with van der Waals surface area (Å²) in [6, 6.07) is 16.4. The van der Waals surface area contributed by atoms with Gasteiger partial charge in [0.15, 0.2) is 5.69 Å². The number of unbranched alkanes of at least 4 members (excludes halogenated alkanes) is 2. The van der Waals surface area contributed by atoms with Crippen molar-refractivity contribution in [2.24, 2.45) is 7.05 Å². The number of nitrogens with one attached hydrogen (secondary N) is 1. The van der Waals surface area contributed by atoms with Gasteiger partial charge in [0.05, 0.1) is 23.9 Å². The van der Waals surface area contributed by atoms with Gasteiger partial charge in [-0.3, -0.25) is 14.4 Å². The lowest BCUT2D eigenvalue weighted by molar-refractivity contribution is 0.0544. The first-order chi connectivity index (χ1) is 23.6.